The van der Waals surface area contributed by atoms with Gasteiger partial charge in [0.1, 0.15) is 0 Å². The van der Waals surface area contributed by atoms with Gasteiger partial charge in [-0.3, -0.25) is 0 Å². The average molecular weight is 707 g/mol. The van der Waals surface area contributed by atoms with Gasteiger partial charge in [-0.05, 0) is 0 Å². The molecule has 0 saturated heterocycles. The summed E-state index contributed by atoms with van der Waals surface area (Å²) in [6.07, 6.45) is 44.3. The van der Waals surface area contributed by atoms with Crippen LogP contribution >= 0.6 is 0 Å². The van der Waals surface area contributed by atoms with E-state index in [-0.39, 0.29) is 5.48 Å². The zero-order valence-electron chi connectivity index (χ0n) is 39.1. The lowest BCUT2D eigenvalue weighted by Crippen LogP contribution is -1.66. The predicted octanol–water partition coefficient (Wildman–Crippen LogP) is 19.9. The highest BCUT2D eigenvalue weighted by Crippen LogP contribution is 1.99. The van der Waals surface area contributed by atoms with E-state index in [1.807, 2.05) is 0 Å². The Morgan fingerprint density at radius 3 is 0.184 bits per heavy atom. The largest absolute Gasteiger partial charge is 0.412 e. The van der Waals surface area contributed by atoms with Crippen LogP contribution in [-0.4, -0.2) is 5.48 Å². The Balaban J connectivity index is -0.0000000532. The van der Waals surface area contributed by atoms with Crippen molar-refractivity contribution in [3.63, 3.8) is 0 Å². The Morgan fingerprint density at radius 1 is 0.122 bits per heavy atom. The lowest BCUT2D eigenvalue weighted by Gasteiger charge is -1.86. The molecular weight excluding hydrogens is 593 g/mol. The fourth-order valence-corrected chi connectivity index (χ4v) is 4.00. The predicted molar refractivity (Wildman–Crippen MR) is 242 cm³/mol. The van der Waals surface area contributed by atoms with Crippen molar-refractivity contribution < 1.29 is 5.48 Å². The van der Waals surface area contributed by atoms with E-state index in [0.717, 1.165) is 0 Å². The van der Waals surface area contributed by atoms with Crippen LogP contribution in [-0.2, 0) is 0 Å². The van der Waals surface area contributed by atoms with Gasteiger partial charge in [-0.15, -0.1) is 0 Å². The van der Waals surface area contributed by atoms with Crippen LogP contribution in [0.5, 0.6) is 0 Å². The summed E-state index contributed by atoms with van der Waals surface area (Å²) in [6, 6.07) is 0. The second kappa shape index (κ2) is 104. The minimum atomic E-state index is 0. The number of unbranched alkanes of at least 4 members (excludes halogenated alkanes) is 24. The Kier molecular flexibility index (Phi) is 149. The van der Waals surface area contributed by atoms with Crippen LogP contribution < -0.4 is 0 Å². The molecule has 0 atom stereocenters. The molecule has 1 nitrogen and oxygen atoms in total. The van der Waals surface area contributed by atoms with Crippen molar-refractivity contribution in [1.29, 1.82) is 0 Å². The number of hydrogen-bond donors (Lipinski definition) is 0. The summed E-state index contributed by atoms with van der Waals surface area (Å²) in [5.74, 6) is 0. The van der Waals surface area contributed by atoms with E-state index >= 15 is 0 Å². The van der Waals surface area contributed by atoms with Gasteiger partial charge >= 0.3 is 0 Å². The molecule has 2 N–H and O–H groups in total. The molecule has 0 saturated carbocycles. The van der Waals surface area contributed by atoms with Crippen LogP contribution in [0.4, 0.5) is 0 Å². The van der Waals surface area contributed by atoms with Crippen LogP contribution in [0.3, 0.4) is 0 Å². The second-order valence-electron chi connectivity index (χ2n) is 13.7. The molecule has 0 aromatic heterocycles. The molecule has 0 aromatic carbocycles. The third kappa shape index (κ3) is 176. The van der Waals surface area contributed by atoms with Gasteiger partial charge in [0.05, 0.1) is 0 Å². The maximum Gasteiger partial charge on any atom is -0.0536 e. The second-order valence-corrected chi connectivity index (χ2v) is 13.7. The van der Waals surface area contributed by atoms with Crippen LogP contribution in [0.25, 0.3) is 0 Å². The molecule has 0 fully saturated rings. The maximum absolute atomic E-state index is 2.23. The van der Waals surface area contributed by atoms with Gasteiger partial charge in [0.2, 0.25) is 0 Å². The fourth-order valence-electron chi connectivity index (χ4n) is 4.00. The zero-order chi connectivity index (χ0) is 38.6. The van der Waals surface area contributed by atoms with Gasteiger partial charge in [0.15, 0.2) is 0 Å². The number of rotatable bonds is 24. The Morgan fingerprint density at radius 2 is 0.163 bits per heavy atom. The standard InChI is InChI=1S/8C6H14.H2O/c8*1-3-5-6-4-2;/h8*3-6H2,1-2H3;1H2. The maximum atomic E-state index is 2.23. The van der Waals surface area contributed by atoms with Crippen molar-refractivity contribution in [2.24, 2.45) is 0 Å². The molecule has 0 aliphatic rings. The van der Waals surface area contributed by atoms with Gasteiger partial charge in [-0.25, -0.2) is 0 Å². The van der Waals surface area contributed by atoms with Crippen LogP contribution in [0, 0.1) is 0 Å². The van der Waals surface area contributed by atoms with Crippen LogP contribution in [0.1, 0.15) is 316 Å². The molecule has 0 bridgehead atoms. The first-order valence-electron chi connectivity index (χ1n) is 23.3. The monoisotopic (exact) mass is 707 g/mol. The van der Waals surface area contributed by atoms with Crippen molar-refractivity contribution in [1.82, 2.24) is 0 Å². The summed E-state index contributed by atoms with van der Waals surface area (Å²) < 4.78 is 0. The first kappa shape index (κ1) is 70.5. The van der Waals surface area contributed by atoms with E-state index in [4.69, 9.17) is 0 Å². The van der Waals surface area contributed by atoms with Gasteiger partial charge in [-0.2, -0.15) is 0 Å². The molecular formula is C48H114O. The highest BCUT2D eigenvalue weighted by atomic mass is 16.0. The van der Waals surface area contributed by atoms with Crippen molar-refractivity contribution >= 4 is 0 Å². The number of hydrogen-bond acceptors (Lipinski definition) is 0. The molecule has 49 heavy (non-hydrogen) atoms. The SMILES string of the molecule is CCCCCC.CCCCCC.CCCCCC.CCCCCC.CCCCCC.CCCCCC.CCCCCC.CCCCCC.O. The van der Waals surface area contributed by atoms with E-state index in [1.165, 1.54) is 205 Å². The summed E-state index contributed by atoms with van der Waals surface area (Å²) in [6.45, 7) is 35.7. The fraction of sp³-hybridized carbons (Fsp3) is 1.00. The van der Waals surface area contributed by atoms with Gasteiger partial charge in [0.25, 0.3) is 0 Å². The molecule has 0 aliphatic carbocycles. The molecule has 1 heteroatoms. The first-order chi connectivity index (χ1) is 23.3. The van der Waals surface area contributed by atoms with Crippen LogP contribution in [0.15, 0.2) is 0 Å². The van der Waals surface area contributed by atoms with Gasteiger partial charge in [0, 0.05) is 0 Å². The minimum absolute atomic E-state index is 0. The molecule has 0 aliphatic heterocycles. The zero-order valence-corrected chi connectivity index (χ0v) is 39.1. The molecule has 0 aromatic rings. The van der Waals surface area contributed by atoms with E-state index in [1.54, 1.807) is 0 Å². The lowest BCUT2D eigenvalue weighted by molar-refractivity contribution is 0.702. The van der Waals surface area contributed by atoms with E-state index in [9.17, 15) is 0 Å². The topological polar surface area (TPSA) is 31.5 Å². The smallest absolute Gasteiger partial charge is 0.0536 e. The summed E-state index contributed by atoms with van der Waals surface area (Å²) in [5.41, 5.74) is 0. The normalized spacial score (nSPS) is 8.82. The van der Waals surface area contributed by atoms with E-state index < -0.39 is 0 Å². The van der Waals surface area contributed by atoms with E-state index in [0.29, 0.717) is 0 Å². The van der Waals surface area contributed by atoms with Crippen LogP contribution in [0.2, 0.25) is 0 Å². The van der Waals surface area contributed by atoms with Crippen molar-refractivity contribution in [3.8, 4) is 0 Å². The lowest BCUT2D eigenvalue weighted by atomic mass is 10.2. The Hall–Kier alpha value is -0.0400. The summed E-state index contributed by atoms with van der Waals surface area (Å²) in [7, 11) is 0. The molecule has 0 heterocycles. The average Bonchev–Trinajstić information content (AvgIpc) is 3.12. The quantitative estimate of drug-likeness (QED) is 0.0895. The molecule has 312 valence electrons. The van der Waals surface area contributed by atoms with Crippen molar-refractivity contribution in [2.75, 3.05) is 0 Å². The van der Waals surface area contributed by atoms with Crippen molar-refractivity contribution in [3.05, 3.63) is 0 Å². The molecule has 0 radical (unpaired) electrons. The summed E-state index contributed by atoms with van der Waals surface area (Å²) in [4.78, 5) is 0. The molecule has 0 rings (SSSR count). The Labute approximate surface area is 320 Å². The molecule has 0 unspecified atom stereocenters. The third-order valence-electron chi connectivity index (χ3n) is 7.66. The summed E-state index contributed by atoms with van der Waals surface area (Å²) in [5, 5.41) is 0. The highest BCUT2D eigenvalue weighted by molar-refractivity contribution is 4.35. The highest BCUT2D eigenvalue weighted by Gasteiger charge is 1.79. The third-order valence-corrected chi connectivity index (χ3v) is 7.66. The first-order valence-corrected chi connectivity index (χ1v) is 23.3. The van der Waals surface area contributed by atoms with Gasteiger partial charge < -0.3 is 5.48 Å². The molecule has 0 spiro atoms. The van der Waals surface area contributed by atoms with E-state index in [2.05, 4.69) is 111 Å². The summed E-state index contributed by atoms with van der Waals surface area (Å²) >= 11 is 0. The minimum Gasteiger partial charge on any atom is -0.412 e. The van der Waals surface area contributed by atoms with Gasteiger partial charge in [-0.1, -0.05) is 316 Å². The molecule has 0 amide bonds. The van der Waals surface area contributed by atoms with Crippen molar-refractivity contribution in [2.45, 2.75) is 316 Å². The Bertz CT molecular complexity index is 199.